The van der Waals surface area contributed by atoms with Crippen molar-refractivity contribution in [1.82, 2.24) is 24.6 Å². The third-order valence-corrected chi connectivity index (χ3v) is 6.53. The Balaban J connectivity index is 1.39. The Hall–Kier alpha value is -4.03. The number of halogens is 3. The number of carbonyl (C=O) groups is 3. The van der Waals surface area contributed by atoms with Gasteiger partial charge in [-0.1, -0.05) is 6.07 Å². The van der Waals surface area contributed by atoms with Crippen molar-refractivity contribution in [2.45, 2.75) is 51.5 Å². The maximum Gasteiger partial charge on any atom is 0.433 e. The van der Waals surface area contributed by atoms with Crippen LogP contribution in [0.3, 0.4) is 0 Å². The van der Waals surface area contributed by atoms with Gasteiger partial charge >= 0.3 is 6.18 Å². The Morgan fingerprint density at radius 3 is 2.61 bits per heavy atom. The maximum absolute atomic E-state index is 13.4. The molecule has 2 fully saturated rings. The number of hydrogen-bond donors (Lipinski definition) is 2. The highest BCUT2D eigenvalue weighted by atomic mass is 19.4. The summed E-state index contributed by atoms with van der Waals surface area (Å²) in [5.74, 6) is -1.87. The molecular formula is C23H22F3N7O3. The summed E-state index contributed by atoms with van der Waals surface area (Å²) in [5.41, 5.74) is 6.09. The van der Waals surface area contributed by atoms with E-state index >= 15 is 0 Å². The van der Waals surface area contributed by atoms with E-state index in [2.05, 4.69) is 20.4 Å². The van der Waals surface area contributed by atoms with E-state index in [-0.39, 0.29) is 30.0 Å². The summed E-state index contributed by atoms with van der Waals surface area (Å²) in [5, 5.41) is 7.14. The molecule has 3 aromatic rings. The van der Waals surface area contributed by atoms with Crippen LogP contribution < -0.4 is 11.1 Å². The van der Waals surface area contributed by atoms with Gasteiger partial charge in [0.05, 0.1) is 11.2 Å². The number of primary amides is 1. The Labute approximate surface area is 202 Å². The van der Waals surface area contributed by atoms with Crippen molar-refractivity contribution in [2.75, 3.05) is 5.32 Å². The number of fused-ring (bicyclic) bond motifs is 2. The quantitative estimate of drug-likeness (QED) is 0.550. The Kier molecular flexibility index (Phi) is 5.45. The third kappa shape index (κ3) is 4.14. The van der Waals surface area contributed by atoms with Gasteiger partial charge in [-0.3, -0.25) is 24.0 Å². The molecule has 3 atom stereocenters. The lowest BCUT2D eigenvalue weighted by Crippen LogP contribution is -2.46. The summed E-state index contributed by atoms with van der Waals surface area (Å²) < 4.78 is 40.3. The highest BCUT2D eigenvalue weighted by molar-refractivity contribution is 6.05. The zero-order chi connectivity index (χ0) is 25.9. The van der Waals surface area contributed by atoms with Crippen LogP contribution >= 0.6 is 0 Å². The van der Waals surface area contributed by atoms with Crippen LogP contribution in [0.4, 0.5) is 19.0 Å². The molecule has 4 heterocycles. The number of nitrogens with two attached hydrogens (primary N) is 1. The Morgan fingerprint density at radius 1 is 1.17 bits per heavy atom. The number of amides is 3. The largest absolute Gasteiger partial charge is 0.433 e. The summed E-state index contributed by atoms with van der Waals surface area (Å²) in [6, 6.07) is 3.88. The number of carbonyl (C=O) groups excluding carboxylic acids is 3. The number of alkyl halides is 3. The number of likely N-dealkylation sites (tertiary alicyclic amines) is 1. The van der Waals surface area contributed by atoms with Gasteiger partial charge in [-0.15, -0.1) is 0 Å². The number of anilines is 1. The molecule has 1 saturated carbocycles. The second-order valence-corrected chi connectivity index (χ2v) is 9.13. The van der Waals surface area contributed by atoms with E-state index in [1.165, 1.54) is 15.6 Å². The normalized spacial score (nSPS) is 20.9. The first-order valence-electron chi connectivity index (χ1n) is 11.2. The summed E-state index contributed by atoms with van der Waals surface area (Å²) >= 11 is 0. The topological polar surface area (TPSA) is 136 Å². The number of piperidine rings is 1. The predicted octanol–water partition coefficient (Wildman–Crippen LogP) is 2.19. The number of nitrogens with one attached hydrogen (secondary N) is 1. The van der Waals surface area contributed by atoms with Crippen LogP contribution in [0.5, 0.6) is 0 Å². The van der Waals surface area contributed by atoms with Gasteiger partial charge in [-0.05, 0) is 50.8 Å². The molecular weight excluding hydrogens is 479 g/mol. The van der Waals surface area contributed by atoms with Crippen molar-refractivity contribution in [3.63, 3.8) is 0 Å². The van der Waals surface area contributed by atoms with Crippen molar-refractivity contribution >= 4 is 34.4 Å². The molecule has 188 valence electrons. The SMILES string of the molecule is Cc1cc2c(C(N)=O)nn(CC(=O)N3[C@@H]4C[C@@H]4C[C@H]3C(=O)Nc3cccc(C(F)(F)F)n3)c2c(C)n1. The van der Waals surface area contributed by atoms with Gasteiger partial charge in [0, 0.05) is 17.1 Å². The summed E-state index contributed by atoms with van der Waals surface area (Å²) in [6.45, 7) is 3.23. The fourth-order valence-corrected chi connectivity index (χ4v) is 4.98. The molecule has 3 amide bonds. The van der Waals surface area contributed by atoms with Gasteiger partial charge in [0.1, 0.15) is 24.1 Å². The number of hydrogen-bond acceptors (Lipinski definition) is 6. The fourth-order valence-electron chi connectivity index (χ4n) is 4.98. The van der Waals surface area contributed by atoms with E-state index in [1.54, 1.807) is 19.9 Å². The Bertz CT molecular complexity index is 1420. The minimum atomic E-state index is -4.65. The molecule has 0 aromatic carbocycles. The first kappa shape index (κ1) is 23.7. The van der Waals surface area contributed by atoms with Crippen LogP contribution in [0, 0.1) is 19.8 Å². The highest BCUT2D eigenvalue weighted by Gasteiger charge is 2.56. The van der Waals surface area contributed by atoms with E-state index < -0.39 is 35.6 Å². The number of pyridine rings is 2. The summed E-state index contributed by atoms with van der Waals surface area (Å²) in [4.78, 5) is 47.6. The molecule has 3 aromatic heterocycles. The lowest BCUT2D eigenvalue weighted by Gasteiger charge is -2.27. The zero-order valence-electron chi connectivity index (χ0n) is 19.3. The van der Waals surface area contributed by atoms with Gasteiger partial charge < -0.3 is 16.0 Å². The van der Waals surface area contributed by atoms with Crippen molar-refractivity contribution < 1.29 is 27.6 Å². The molecule has 1 saturated heterocycles. The minimum Gasteiger partial charge on any atom is -0.364 e. The summed E-state index contributed by atoms with van der Waals surface area (Å²) in [7, 11) is 0. The monoisotopic (exact) mass is 501 g/mol. The molecule has 0 spiro atoms. The maximum atomic E-state index is 13.4. The average Bonchev–Trinajstić information content (AvgIpc) is 3.28. The van der Waals surface area contributed by atoms with Gasteiger partial charge in [0.25, 0.3) is 5.91 Å². The van der Waals surface area contributed by atoms with Gasteiger partial charge in [0.2, 0.25) is 11.8 Å². The third-order valence-electron chi connectivity index (χ3n) is 6.53. The van der Waals surface area contributed by atoms with E-state index in [9.17, 15) is 27.6 Å². The number of rotatable bonds is 5. The van der Waals surface area contributed by atoms with E-state index in [0.717, 1.165) is 18.6 Å². The first-order chi connectivity index (χ1) is 16.9. The van der Waals surface area contributed by atoms with Crippen LogP contribution in [0.15, 0.2) is 24.3 Å². The molecule has 5 rings (SSSR count). The first-order valence-corrected chi connectivity index (χ1v) is 11.2. The van der Waals surface area contributed by atoms with Gasteiger partial charge in [-0.25, -0.2) is 4.98 Å². The zero-order valence-corrected chi connectivity index (χ0v) is 19.3. The number of aryl methyl sites for hydroxylation is 2. The molecule has 2 aliphatic rings. The van der Waals surface area contributed by atoms with Crippen molar-refractivity contribution in [3.05, 3.63) is 47.0 Å². The van der Waals surface area contributed by atoms with Crippen LogP contribution in [0.1, 0.15) is 40.4 Å². The molecule has 0 unspecified atom stereocenters. The molecule has 10 nitrogen and oxygen atoms in total. The molecule has 3 N–H and O–H groups in total. The van der Waals surface area contributed by atoms with Crippen LogP contribution in [0.2, 0.25) is 0 Å². The second kappa shape index (κ2) is 8.28. The lowest BCUT2D eigenvalue weighted by atomic mass is 10.1. The molecule has 0 bridgehead atoms. The molecule has 13 heteroatoms. The van der Waals surface area contributed by atoms with Crippen LogP contribution in [0.25, 0.3) is 10.9 Å². The molecule has 0 radical (unpaired) electrons. The Morgan fingerprint density at radius 2 is 1.92 bits per heavy atom. The standard InChI is InChI=1S/C23H22F3N7O3/c1-10-6-13-19(21(27)35)31-32(20(13)11(2)28-10)9-18(34)33-14-7-12(14)8-15(33)22(36)30-17-5-3-4-16(29-17)23(24,25)26/h3-6,12,14-15H,7-9H2,1-2H3,(H2,27,35)(H,29,30,36)/t12-,14-,15+/m1/s1. The van der Waals surface area contributed by atoms with E-state index in [4.69, 9.17) is 5.73 Å². The number of nitrogens with zero attached hydrogens (tertiary/aromatic N) is 5. The fraction of sp³-hybridized carbons (Fsp3) is 0.391. The molecule has 1 aliphatic heterocycles. The van der Waals surface area contributed by atoms with Gasteiger partial charge in [0.15, 0.2) is 5.69 Å². The minimum absolute atomic E-state index is 0.0158. The van der Waals surface area contributed by atoms with Crippen LogP contribution in [-0.4, -0.2) is 54.5 Å². The molecule has 36 heavy (non-hydrogen) atoms. The average molecular weight is 501 g/mol. The van der Waals surface area contributed by atoms with Crippen LogP contribution in [-0.2, 0) is 22.3 Å². The van der Waals surface area contributed by atoms with Crippen molar-refractivity contribution in [3.8, 4) is 0 Å². The summed E-state index contributed by atoms with van der Waals surface area (Å²) in [6.07, 6.45) is -3.52. The highest BCUT2D eigenvalue weighted by Crippen LogP contribution is 2.48. The van der Waals surface area contributed by atoms with E-state index in [0.29, 0.717) is 28.7 Å². The second-order valence-electron chi connectivity index (χ2n) is 9.13. The smallest absolute Gasteiger partial charge is 0.364 e. The van der Waals surface area contributed by atoms with Crippen molar-refractivity contribution in [1.29, 1.82) is 0 Å². The van der Waals surface area contributed by atoms with Gasteiger partial charge in [-0.2, -0.15) is 18.3 Å². The number of aromatic nitrogens is 4. The lowest BCUT2D eigenvalue weighted by molar-refractivity contribution is -0.141. The van der Waals surface area contributed by atoms with Crippen molar-refractivity contribution in [2.24, 2.45) is 11.7 Å². The predicted molar refractivity (Wildman–Crippen MR) is 121 cm³/mol. The van der Waals surface area contributed by atoms with E-state index in [1.807, 2.05) is 0 Å². The molecule has 1 aliphatic carbocycles.